The number of nitrogens with two attached hydrogens (primary N) is 1. The van der Waals surface area contributed by atoms with Gasteiger partial charge in [-0.1, -0.05) is 6.92 Å². The summed E-state index contributed by atoms with van der Waals surface area (Å²) >= 11 is 0. The number of hydrogen-bond donors (Lipinski definition) is 2. The lowest BCUT2D eigenvalue weighted by Gasteiger charge is -1.97. The van der Waals surface area contributed by atoms with Crippen LogP contribution in [-0.2, 0) is 4.79 Å². The van der Waals surface area contributed by atoms with Crippen molar-refractivity contribution >= 4 is 17.8 Å². The van der Waals surface area contributed by atoms with Crippen LogP contribution in [0.1, 0.15) is 18.9 Å². The van der Waals surface area contributed by atoms with Gasteiger partial charge in [-0.05, 0) is 30.2 Å². The molecule has 0 spiro atoms. The number of hydrogen-bond acceptors (Lipinski definition) is 3. The van der Waals surface area contributed by atoms with E-state index >= 15 is 0 Å². The molecule has 0 radical (unpaired) electrons. The number of nitrogens with zero attached hydrogens (tertiary/aromatic N) is 1. The van der Waals surface area contributed by atoms with Crippen molar-refractivity contribution in [2.75, 3.05) is 12.3 Å². The maximum absolute atomic E-state index is 11.2. The van der Waals surface area contributed by atoms with Crippen LogP contribution in [0.2, 0.25) is 0 Å². The van der Waals surface area contributed by atoms with Gasteiger partial charge in [0, 0.05) is 18.8 Å². The Hall–Kier alpha value is -1.84. The smallest absolute Gasteiger partial charge is 0.243 e. The van der Waals surface area contributed by atoms with Gasteiger partial charge in [0.2, 0.25) is 5.91 Å². The van der Waals surface area contributed by atoms with E-state index in [-0.39, 0.29) is 5.91 Å². The van der Waals surface area contributed by atoms with Crippen molar-refractivity contribution in [2.45, 2.75) is 13.3 Å². The van der Waals surface area contributed by atoms with Gasteiger partial charge in [0.15, 0.2) is 0 Å². The standard InChI is InChI=1S/C11H15N3O/c1-2-7-13-11(15)6-4-9-3-5-10(12)14-8-9/h3-6,8H,2,7H2,1H3,(H2,12,14)(H,13,15)/b6-4+. The van der Waals surface area contributed by atoms with E-state index < -0.39 is 0 Å². The average molecular weight is 205 g/mol. The predicted molar refractivity (Wildman–Crippen MR) is 61.0 cm³/mol. The minimum atomic E-state index is -0.0892. The molecular formula is C11H15N3O. The number of anilines is 1. The van der Waals surface area contributed by atoms with Crippen LogP contribution in [0, 0.1) is 0 Å². The Morgan fingerprint density at radius 3 is 3.00 bits per heavy atom. The summed E-state index contributed by atoms with van der Waals surface area (Å²) in [5, 5.41) is 2.74. The Labute approximate surface area is 89.2 Å². The van der Waals surface area contributed by atoms with Gasteiger partial charge >= 0.3 is 0 Å². The first-order chi connectivity index (χ1) is 7.22. The molecule has 1 aromatic heterocycles. The van der Waals surface area contributed by atoms with E-state index in [1.165, 1.54) is 6.08 Å². The Kier molecular flexibility index (Phi) is 4.34. The third-order valence-corrected chi connectivity index (χ3v) is 1.79. The minimum Gasteiger partial charge on any atom is -0.384 e. The zero-order valence-electron chi connectivity index (χ0n) is 8.73. The average Bonchev–Trinajstić information content (AvgIpc) is 2.25. The Bertz CT molecular complexity index is 343. The molecule has 0 unspecified atom stereocenters. The molecule has 0 saturated heterocycles. The second kappa shape index (κ2) is 5.80. The van der Waals surface area contributed by atoms with Gasteiger partial charge in [-0.15, -0.1) is 0 Å². The molecule has 4 nitrogen and oxygen atoms in total. The Balaban J connectivity index is 2.50. The van der Waals surface area contributed by atoms with E-state index in [0.29, 0.717) is 12.4 Å². The molecule has 0 fully saturated rings. The number of carbonyl (C=O) groups excluding carboxylic acids is 1. The lowest BCUT2D eigenvalue weighted by molar-refractivity contribution is -0.116. The summed E-state index contributed by atoms with van der Waals surface area (Å²) < 4.78 is 0. The molecule has 80 valence electrons. The van der Waals surface area contributed by atoms with E-state index in [2.05, 4.69) is 10.3 Å². The fraction of sp³-hybridized carbons (Fsp3) is 0.273. The summed E-state index contributed by atoms with van der Waals surface area (Å²) in [6.07, 6.45) is 5.75. The number of amides is 1. The highest BCUT2D eigenvalue weighted by Gasteiger charge is 1.93. The largest absolute Gasteiger partial charge is 0.384 e. The first-order valence-corrected chi connectivity index (χ1v) is 4.90. The fourth-order valence-corrected chi connectivity index (χ4v) is 0.994. The number of nitrogen functional groups attached to an aromatic ring is 1. The van der Waals surface area contributed by atoms with Gasteiger partial charge in [0.1, 0.15) is 5.82 Å². The van der Waals surface area contributed by atoms with Crippen molar-refractivity contribution in [3.63, 3.8) is 0 Å². The highest BCUT2D eigenvalue weighted by molar-refractivity contribution is 5.91. The first kappa shape index (κ1) is 11.2. The number of aromatic nitrogens is 1. The van der Waals surface area contributed by atoms with Crippen LogP contribution in [0.25, 0.3) is 6.08 Å². The summed E-state index contributed by atoms with van der Waals surface area (Å²) in [6.45, 7) is 2.71. The predicted octanol–water partition coefficient (Wildman–Crippen LogP) is 1.20. The van der Waals surface area contributed by atoms with E-state index in [4.69, 9.17) is 5.73 Å². The molecule has 0 aliphatic carbocycles. The van der Waals surface area contributed by atoms with Gasteiger partial charge in [0.25, 0.3) is 0 Å². The Morgan fingerprint density at radius 1 is 1.60 bits per heavy atom. The van der Waals surface area contributed by atoms with Crippen molar-refractivity contribution in [3.8, 4) is 0 Å². The summed E-state index contributed by atoms with van der Waals surface area (Å²) in [4.78, 5) is 15.1. The summed E-state index contributed by atoms with van der Waals surface area (Å²) in [7, 11) is 0. The van der Waals surface area contributed by atoms with Crippen molar-refractivity contribution < 1.29 is 4.79 Å². The molecule has 0 saturated carbocycles. The third-order valence-electron chi connectivity index (χ3n) is 1.79. The first-order valence-electron chi connectivity index (χ1n) is 4.90. The molecule has 0 aromatic carbocycles. The van der Waals surface area contributed by atoms with E-state index in [9.17, 15) is 4.79 Å². The number of pyridine rings is 1. The second-order valence-corrected chi connectivity index (χ2v) is 3.14. The molecule has 1 amide bonds. The normalized spacial score (nSPS) is 10.5. The van der Waals surface area contributed by atoms with Gasteiger partial charge in [-0.3, -0.25) is 4.79 Å². The summed E-state index contributed by atoms with van der Waals surface area (Å²) in [5.41, 5.74) is 6.29. The lowest BCUT2D eigenvalue weighted by atomic mass is 10.2. The number of rotatable bonds is 4. The highest BCUT2D eigenvalue weighted by Crippen LogP contribution is 2.02. The molecule has 0 aliphatic heterocycles. The molecule has 1 rings (SSSR count). The van der Waals surface area contributed by atoms with Crippen molar-refractivity contribution in [3.05, 3.63) is 30.0 Å². The second-order valence-electron chi connectivity index (χ2n) is 3.14. The quantitative estimate of drug-likeness (QED) is 0.726. The summed E-state index contributed by atoms with van der Waals surface area (Å²) in [6, 6.07) is 3.51. The zero-order chi connectivity index (χ0) is 11.1. The monoisotopic (exact) mass is 205 g/mol. The fourth-order valence-electron chi connectivity index (χ4n) is 0.994. The molecule has 1 heterocycles. The maximum atomic E-state index is 11.2. The third kappa shape index (κ3) is 4.26. The lowest BCUT2D eigenvalue weighted by Crippen LogP contribution is -2.21. The van der Waals surface area contributed by atoms with Crippen LogP contribution < -0.4 is 11.1 Å². The van der Waals surface area contributed by atoms with Gasteiger partial charge < -0.3 is 11.1 Å². The van der Waals surface area contributed by atoms with E-state index in [1.54, 1.807) is 18.3 Å². The maximum Gasteiger partial charge on any atom is 0.243 e. The molecule has 3 N–H and O–H groups in total. The molecule has 1 aromatic rings. The van der Waals surface area contributed by atoms with Crippen LogP contribution in [0.3, 0.4) is 0 Å². The Morgan fingerprint density at radius 2 is 2.40 bits per heavy atom. The van der Waals surface area contributed by atoms with Gasteiger partial charge in [-0.2, -0.15) is 0 Å². The van der Waals surface area contributed by atoms with Gasteiger partial charge in [-0.25, -0.2) is 4.98 Å². The van der Waals surface area contributed by atoms with Crippen LogP contribution in [0.5, 0.6) is 0 Å². The molecule has 0 bridgehead atoms. The summed E-state index contributed by atoms with van der Waals surface area (Å²) in [5.74, 6) is 0.385. The minimum absolute atomic E-state index is 0.0892. The molecule has 4 heteroatoms. The van der Waals surface area contributed by atoms with Crippen LogP contribution in [0.4, 0.5) is 5.82 Å². The number of nitrogens with one attached hydrogen (secondary N) is 1. The molecule has 15 heavy (non-hydrogen) atoms. The molecule has 0 aliphatic rings. The molecule has 0 atom stereocenters. The zero-order valence-corrected chi connectivity index (χ0v) is 8.73. The SMILES string of the molecule is CCCNC(=O)/C=C/c1ccc(N)nc1. The van der Waals surface area contributed by atoms with Crippen molar-refractivity contribution in [1.29, 1.82) is 0 Å². The van der Waals surface area contributed by atoms with E-state index in [1.807, 2.05) is 13.0 Å². The van der Waals surface area contributed by atoms with Gasteiger partial charge in [0.05, 0.1) is 0 Å². The van der Waals surface area contributed by atoms with Crippen LogP contribution in [-0.4, -0.2) is 17.4 Å². The van der Waals surface area contributed by atoms with Crippen molar-refractivity contribution in [2.24, 2.45) is 0 Å². The topological polar surface area (TPSA) is 68.0 Å². The number of carbonyl (C=O) groups is 1. The van der Waals surface area contributed by atoms with Crippen molar-refractivity contribution in [1.82, 2.24) is 10.3 Å². The van der Waals surface area contributed by atoms with Crippen LogP contribution in [0.15, 0.2) is 24.4 Å². The van der Waals surface area contributed by atoms with Crippen LogP contribution >= 0.6 is 0 Å². The van der Waals surface area contributed by atoms with E-state index in [0.717, 1.165) is 12.0 Å². The highest BCUT2D eigenvalue weighted by atomic mass is 16.1. The molecular weight excluding hydrogens is 190 g/mol.